The fourth-order valence-electron chi connectivity index (χ4n) is 1.85. The summed E-state index contributed by atoms with van der Waals surface area (Å²) in [6.45, 7) is 1.75. The van der Waals surface area contributed by atoms with Crippen LogP contribution in [-0.4, -0.2) is 16.0 Å². The number of nitrogens with zero attached hydrogens (tertiary/aromatic N) is 2. The summed E-state index contributed by atoms with van der Waals surface area (Å²) in [5.41, 5.74) is 0.662. The molecule has 0 aliphatic carbocycles. The highest BCUT2D eigenvalue weighted by atomic mass is 32.1. The molecule has 0 saturated heterocycles. The molecule has 0 aliphatic heterocycles. The number of hydrogen-bond donors (Lipinski definition) is 1. The molecule has 0 radical (unpaired) electrons. The Morgan fingerprint density at radius 1 is 1.38 bits per heavy atom. The molecule has 1 N–H and O–H groups in total. The molecule has 3 rings (SSSR count). The van der Waals surface area contributed by atoms with Gasteiger partial charge in [-0.05, 0) is 19.1 Å². The molecular formula is C13H9N3O4S. The molecule has 1 aromatic carbocycles. The molecule has 2 heterocycles. The third kappa shape index (κ3) is 2.61. The lowest BCUT2D eigenvalue weighted by molar-refractivity contribution is -0.384. The number of nitro benzene ring substituents is 1. The molecule has 0 saturated carbocycles. The Morgan fingerprint density at radius 2 is 2.19 bits per heavy atom. The van der Waals surface area contributed by atoms with E-state index in [1.807, 2.05) is 0 Å². The van der Waals surface area contributed by atoms with Crippen molar-refractivity contribution in [2.45, 2.75) is 6.92 Å². The van der Waals surface area contributed by atoms with Gasteiger partial charge in [0.2, 0.25) is 5.88 Å². The summed E-state index contributed by atoms with van der Waals surface area (Å²) < 4.78 is 5.72. The van der Waals surface area contributed by atoms with E-state index in [1.54, 1.807) is 25.1 Å². The number of aryl methyl sites for hydroxylation is 1. The summed E-state index contributed by atoms with van der Waals surface area (Å²) in [6, 6.07) is 7.72. The highest BCUT2D eigenvalue weighted by Gasteiger charge is 2.14. The maximum atomic E-state index is 12.1. The number of carbonyl (C=O) groups is 1. The standard InChI is InChI=1S/C13H9N3O4S/c1-7-4-12(20-15-7)14-13(17)11-6-8-5-9(16(18)19)2-3-10(8)21-11/h2-6H,1H3,(H,14,17). The number of fused-ring (bicyclic) bond motifs is 1. The first-order valence-electron chi connectivity index (χ1n) is 5.95. The normalized spacial score (nSPS) is 10.7. The van der Waals surface area contributed by atoms with Gasteiger partial charge in [0.25, 0.3) is 11.6 Å². The van der Waals surface area contributed by atoms with Crippen molar-refractivity contribution in [3.8, 4) is 0 Å². The molecule has 0 bridgehead atoms. The van der Waals surface area contributed by atoms with Gasteiger partial charge in [-0.3, -0.25) is 20.2 Å². The lowest BCUT2D eigenvalue weighted by Gasteiger charge is -1.96. The summed E-state index contributed by atoms with van der Waals surface area (Å²) in [5.74, 6) is -0.0732. The van der Waals surface area contributed by atoms with Crippen molar-refractivity contribution < 1.29 is 14.2 Å². The molecule has 2 aromatic heterocycles. The van der Waals surface area contributed by atoms with Gasteiger partial charge in [0.1, 0.15) is 0 Å². The van der Waals surface area contributed by atoms with Gasteiger partial charge in [0.15, 0.2) is 0 Å². The Hall–Kier alpha value is -2.74. The molecule has 1 amide bonds. The first-order chi connectivity index (χ1) is 10.0. The number of benzene rings is 1. The van der Waals surface area contributed by atoms with Crippen molar-refractivity contribution >= 4 is 38.9 Å². The van der Waals surface area contributed by atoms with E-state index in [9.17, 15) is 14.9 Å². The van der Waals surface area contributed by atoms with Gasteiger partial charge in [-0.15, -0.1) is 11.3 Å². The van der Waals surface area contributed by atoms with Crippen LogP contribution < -0.4 is 5.32 Å². The van der Waals surface area contributed by atoms with Crippen molar-refractivity contribution in [2.75, 3.05) is 5.32 Å². The van der Waals surface area contributed by atoms with Crippen molar-refractivity contribution in [3.05, 3.63) is 51.0 Å². The van der Waals surface area contributed by atoms with Crippen LogP contribution in [0.4, 0.5) is 11.6 Å². The fourth-order valence-corrected chi connectivity index (χ4v) is 2.79. The average Bonchev–Trinajstić information content (AvgIpc) is 3.03. The molecule has 0 atom stereocenters. The van der Waals surface area contributed by atoms with Crippen molar-refractivity contribution in [2.24, 2.45) is 0 Å². The average molecular weight is 303 g/mol. The highest BCUT2D eigenvalue weighted by Crippen LogP contribution is 2.29. The second-order valence-electron chi connectivity index (χ2n) is 4.38. The number of nitrogens with one attached hydrogen (secondary N) is 1. The number of non-ortho nitro benzene ring substituents is 1. The third-order valence-corrected chi connectivity index (χ3v) is 3.91. The first kappa shape index (κ1) is 13.3. The van der Waals surface area contributed by atoms with Gasteiger partial charge in [-0.1, -0.05) is 5.16 Å². The van der Waals surface area contributed by atoms with Crippen LogP contribution in [0.25, 0.3) is 10.1 Å². The van der Waals surface area contributed by atoms with Crippen molar-refractivity contribution in [1.82, 2.24) is 5.16 Å². The highest BCUT2D eigenvalue weighted by molar-refractivity contribution is 7.20. The smallest absolute Gasteiger partial charge is 0.270 e. The van der Waals surface area contributed by atoms with Crippen molar-refractivity contribution in [3.63, 3.8) is 0 Å². The molecule has 21 heavy (non-hydrogen) atoms. The Kier molecular flexibility index (Phi) is 3.15. The number of hydrogen-bond acceptors (Lipinski definition) is 6. The van der Waals surface area contributed by atoms with E-state index in [4.69, 9.17) is 4.52 Å². The number of amides is 1. The van der Waals surface area contributed by atoms with Crippen LogP contribution in [0, 0.1) is 17.0 Å². The topological polar surface area (TPSA) is 98.3 Å². The number of nitro groups is 1. The van der Waals surface area contributed by atoms with Crippen LogP contribution in [0.2, 0.25) is 0 Å². The second-order valence-corrected chi connectivity index (χ2v) is 5.46. The number of anilines is 1. The minimum atomic E-state index is -0.464. The van der Waals surface area contributed by atoms with Gasteiger partial charge in [0, 0.05) is 28.3 Å². The zero-order chi connectivity index (χ0) is 15.0. The first-order valence-corrected chi connectivity index (χ1v) is 6.77. The van der Waals surface area contributed by atoms with Gasteiger partial charge < -0.3 is 4.52 Å². The summed E-state index contributed by atoms with van der Waals surface area (Å²) in [4.78, 5) is 22.8. The van der Waals surface area contributed by atoms with E-state index in [1.165, 1.54) is 23.5 Å². The molecule has 3 aromatic rings. The van der Waals surface area contributed by atoms with E-state index >= 15 is 0 Å². The monoisotopic (exact) mass is 303 g/mol. The molecule has 0 fully saturated rings. The maximum Gasteiger partial charge on any atom is 0.270 e. The Labute approximate surface area is 122 Å². The molecule has 0 spiro atoms. The van der Waals surface area contributed by atoms with Gasteiger partial charge >= 0.3 is 0 Å². The molecule has 0 unspecified atom stereocenters. The zero-order valence-electron chi connectivity index (χ0n) is 10.8. The number of thiophene rings is 1. The van der Waals surface area contributed by atoms with Crippen molar-refractivity contribution in [1.29, 1.82) is 0 Å². The predicted molar refractivity (Wildman–Crippen MR) is 77.7 cm³/mol. The number of aromatic nitrogens is 1. The number of carbonyl (C=O) groups excluding carboxylic acids is 1. The Bertz CT molecular complexity index is 852. The molecule has 8 heteroatoms. The van der Waals surface area contributed by atoms with Crippen LogP contribution in [0.15, 0.2) is 34.9 Å². The summed E-state index contributed by atoms with van der Waals surface area (Å²) >= 11 is 1.26. The van der Waals surface area contributed by atoms with E-state index in [0.29, 0.717) is 16.0 Å². The second kappa shape index (κ2) is 4.98. The van der Waals surface area contributed by atoms with E-state index < -0.39 is 4.92 Å². The molecule has 106 valence electrons. The van der Waals surface area contributed by atoms with Crippen LogP contribution in [0.3, 0.4) is 0 Å². The fraction of sp³-hybridized carbons (Fsp3) is 0.0769. The van der Waals surface area contributed by atoms with Crippen LogP contribution in [0.1, 0.15) is 15.4 Å². The molecule has 7 nitrogen and oxygen atoms in total. The zero-order valence-corrected chi connectivity index (χ0v) is 11.6. The Balaban J connectivity index is 1.89. The minimum Gasteiger partial charge on any atom is -0.338 e. The van der Waals surface area contributed by atoms with Crippen LogP contribution in [0.5, 0.6) is 0 Å². The quantitative estimate of drug-likeness (QED) is 0.591. The van der Waals surface area contributed by atoms with E-state index in [-0.39, 0.29) is 17.5 Å². The van der Waals surface area contributed by atoms with Gasteiger partial charge in [-0.25, -0.2) is 0 Å². The SMILES string of the molecule is Cc1cc(NC(=O)c2cc3cc([N+](=O)[O-])ccc3s2)on1. The molecule has 0 aliphatic rings. The number of rotatable bonds is 3. The largest absolute Gasteiger partial charge is 0.338 e. The lowest BCUT2D eigenvalue weighted by Crippen LogP contribution is -2.09. The summed E-state index contributed by atoms with van der Waals surface area (Å²) in [5, 5.41) is 17.7. The lowest BCUT2D eigenvalue weighted by atomic mass is 10.2. The third-order valence-electron chi connectivity index (χ3n) is 2.80. The summed E-state index contributed by atoms with van der Waals surface area (Å²) in [7, 11) is 0. The maximum absolute atomic E-state index is 12.1. The van der Waals surface area contributed by atoms with E-state index in [0.717, 1.165) is 4.70 Å². The van der Waals surface area contributed by atoms with Gasteiger partial charge in [0.05, 0.1) is 15.5 Å². The minimum absolute atomic E-state index is 0.00174. The summed E-state index contributed by atoms with van der Waals surface area (Å²) in [6.07, 6.45) is 0. The van der Waals surface area contributed by atoms with E-state index in [2.05, 4.69) is 10.5 Å². The van der Waals surface area contributed by atoms with Crippen LogP contribution in [-0.2, 0) is 0 Å². The molecular weight excluding hydrogens is 294 g/mol. The van der Waals surface area contributed by atoms with Crippen LogP contribution >= 0.6 is 11.3 Å². The van der Waals surface area contributed by atoms with Gasteiger partial charge in [-0.2, -0.15) is 0 Å². The predicted octanol–water partition coefficient (Wildman–Crippen LogP) is 3.36. The Morgan fingerprint density at radius 3 is 2.86 bits per heavy atom.